The van der Waals surface area contributed by atoms with E-state index in [1.54, 1.807) is 0 Å². The number of hydrogen-bond acceptors (Lipinski definition) is 2. The fraction of sp³-hybridized carbons (Fsp3) is 0.250. The Labute approximate surface area is 128 Å². The topological polar surface area (TPSA) is 97.5 Å². The normalized spacial score (nSPS) is 7.68. The third-order valence-corrected chi connectivity index (χ3v) is 2.23. The van der Waals surface area contributed by atoms with E-state index in [1.807, 2.05) is 25.1 Å². The quantitative estimate of drug-likeness (QED) is 0.342. The number of hydrogen-bond donors (Lipinski definition) is 0. The Morgan fingerprint density at radius 1 is 0.818 bits per heavy atom. The molecule has 1 aromatic rings. The zero-order chi connectivity index (χ0) is 16.0. The lowest BCUT2D eigenvalue weighted by Crippen LogP contribution is -1.85. The van der Waals surface area contributed by atoms with Gasteiger partial charge in [0.05, 0.1) is 13.1 Å². The van der Waals surface area contributed by atoms with Crippen molar-refractivity contribution in [2.45, 2.75) is 13.3 Å². The Balaban J connectivity index is 3.12. The first kappa shape index (κ1) is 16.6. The van der Waals surface area contributed by atoms with Gasteiger partial charge in [0.1, 0.15) is 0 Å². The minimum Gasteiger partial charge on any atom is -0.0982 e. The largest absolute Gasteiger partial charge is 0.0982 e. The second kappa shape index (κ2) is 10.3. The zero-order valence-corrected chi connectivity index (χ0v) is 12.0. The third-order valence-electron chi connectivity index (χ3n) is 2.23. The summed E-state index contributed by atoms with van der Waals surface area (Å²) in [5.74, 6) is 17.3. The first-order valence-corrected chi connectivity index (χ1v) is 6.43. The maximum atomic E-state index is 8.21. The molecule has 106 valence electrons. The molecule has 1 aromatic carbocycles. The molecule has 1 rings (SSSR count). The third kappa shape index (κ3) is 6.62. The molecule has 0 N–H and O–H groups in total. The van der Waals surface area contributed by atoms with Crippen molar-refractivity contribution in [1.29, 1.82) is 0 Å². The SMILES string of the molecule is CCC#Cc1cc(C#CCN=[N+]=[N-])cc(C#CCN=[N+]=[N-])c1. The van der Waals surface area contributed by atoms with Crippen LogP contribution in [0.15, 0.2) is 28.4 Å². The van der Waals surface area contributed by atoms with Crippen LogP contribution < -0.4 is 0 Å². The summed E-state index contributed by atoms with van der Waals surface area (Å²) in [5, 5.41) is 6.71. The molecule has 6 heteroatoms. The van der Waals surface area contributed by atoms with Gasteiger partial charge in [0.25, 0.3) is 0 Å². The second-order valence-electron chi connectivity index (χ2n) is 3.84. The van der Waals surface area contributed by atoms with Gasteiger partial charge in [0.15, 0.2) is 0 Å². The molecule has 0 fully saturated rings. The molecule has 0 bridgehead atoms. The highest BCUT2D eigenvalue weighted by Crippen LogP contribution is 2.08. The Hall–Kier alpha value is -3.48. The van der Waals surface area contributed by atoms with Gasteiger partial charge in [-0.2, -0.15) is 0 Å². The van der Waals surface area contributed by atoms with Crippen LogP contribution in [0.2, 0.25) is 0 Å². The van der Waals surface area contributed by atoms with Crippen molar-refractivity contribution in [1.82, 2.24) is 0 Å². The second-order valence-corrected chi connectivity index (χ2v) is 3.84. The molecule has 6 nitrogen and oxygen atoms in total. The van der Waals surface area contributed by atoms with Gasteiger partial charge in [-0.25, -0.2) is 0 Å². The molecule has 0 aliphatic rings. The van der Waals surface area contributed by atoms with Crippen molar-refractivity contribution in [3.05, 3.63) is 55.8 Å². The van der Waals surface area contributed by atoms with Crippen molar-refractivity contribution in [3.63, 3.8) is 0 Å². The van der Waals surface area contributed by atoms with E-state index in [0.717, 1.165) is 23.1 Å². The van der Waals surface area contributed by atoms with Gasteiger partial charge < -0.3 is 0 Å². The van der Waals surface area contributed by atoms with Crippen LogP contribution in [0.4, 0.5) is 0 Å². The molecule has 0 atom stereocenters. The smallest absolute Gasteiger partial charge is 0.0880 e. The minimum atomic E-state index is 0.110. The summed E-state index contributed by atoms with van der Waals surface area (Å²) in [6.07, 6.45) is 0.755. The van der Waals surface area contributed by atoms with Crippen molar-refractivity contribution in [3.8, 4) is 35.5 Å². The molecule has 0 saturated carbocycles. The summed E-state index contributed by atoms with van der Waals surface area (Å²) in [4.78, 5) is 5.28. The highest BCUT2D eigenvalue weighted by Gasteiger charge is 1.96. The minimum absolute atomic E-state index is 0.110. The summed E-state index contributed by atoms with van der Waals surface area (Å²) in [5.41, 5.74) is 18.7. The van der Waals surface area contributed by atoms with Crippen molar-refractivity contribution < 1.29 is 0 Å². The summed E-state index contributed by atoms with van der Waals surface area (Å²) >= 11 is 0. The number of azide groups is 2. The zero-order valence-electron chi connectivity index (χ0n) is 12.0. The van der Waals surface area contributed by atoms with E-state index in [4.69, 9.17) is 11.1 Å². The Morgan fingerprint density at radius 2 is 1.23 bits per heavy atom. The lowest BCUT2D eigenvalue weighted by atomic mass is 10.1. The highest BCUT2D eigenvalue weighted by atomic mass is 15.1. The van der Waals surface area contributed by atoms with E-state index >= 15 is 0 Å². The van der Waals surface area contributed by atoms with E-state index in [-0.39, 0.29) is 13.1 Å². The maximum Gasteiger partial charge on any atom is 0.0880 e. The van der Waals surface area contributed by atoms with E-state index in [1.165, 1.54) is 0 Å². The molecule has 0 radical (unpaired) electrons. The van der Waals surface area contributed by atoms with Crippen molar-refractivity contribution >= 4 is 0 Å². The maximum absolute atomic E-state index is 8.21. The standard InChI is InChI=1S/C16H12N6/c1-2-3-6-14-11-15(7-4-9-19-21-17)13-16(12-14)8-5-10-20-22-18/h11-13H,2,9-10H2,1H3. The van der Waals surface area contributed by atoms with Crippen LogP contribution in [0.3, 0.4) is 0 Å². The molecule has 0 spiro atoms. The Bertz CT molecular complexity index is 751. The number of rotatable bonds is 2. The van der Waals surface area contributed by atoms with E-state index in [0.29, 0.717) is 0 Å². The van der Waals surface area contributed by atoms with Gasteiger partial charge in [0, 0.05) is 32.9 Å². The molecule has 0 aromatic heterocycles. The average molecular weight is 288 g/mol. The molecule has 0 aliphatic heterocycles. The van der Waals surface area contributed by atoms with Crippen molar-refractivity contribution in [2.24, 2.45) is 10.2 Å². The molecule has 22 heavy (non-hydrogen) atoms. The van der Waals surface area contributed by atoms with Crippen molar-refractivity contribution in [2.75, 3.05) is 13.1 Å². The van der Waals surface area contributed by atoms with Gasteiger partial charge >= 0.3 is 0 Å². The van der Waals surface area contributed by atoms with Gasteiger partial charge in [-0.3, -0.25) is 0 Å². The van der Waals surface area contributed by atoms with Crippen LogP contribution in [-0.2, 0) is 0 Å². The van der Waals surface area contributed by atoms with E-state index < -0.39 is 0 Å². The summed E-state index contributed by atoms with van der Waals surface area (Å²) in [7, 11) is 0. The van der Waals surface area contributed by atoms with Gasteiger partial charge in [-0.1, -0.05) is 52.7 Å². The number of nitrogens with zero attached hydrogens (tertiary/aromatic N) is 6. The molecule has 0 heterocycles. The predicted molar refractivity (Wildman–Crippen MR) is 85.4 cm³/mol. The lowest BCUT2D eigenvalue weighted by molar-refractivity contribution is 1.25. The van der Waals surface area contributed by atoms with Crippen LogP contribution >= 0.6 is 0 Å². The highest BCUT2D eigenvalue weighted by molar-refractivity contribution is 5.51. The average Bonchev–Trinajstić information content (AvgIpc) is 2.54. The molecule has 0 aliphatic carbocycles. The first-order chi connectivity index (χ1) is 10.8. The Morgan fingerprint density at radius 3 is 1.59 bits per heavy atom. The van der Waals surface area contributed by atoms with E-state index in [2.05, 4.69) is 55.6 Å². The van der Waals surface area contributed by atoms with Crippen LogP contribution in [0.5, 0.6) is 0 Å². The Kier molecular flexibility index (Phi) is 7.78. The van der Waals surface area contributed by atoms with Crippen LogP contribution in [0, 0.1) is 35.5 Å². The van der Waals surface area contributed by atoms with Crippen LogP contribution in [0.1, 0.15) is 30.0 Å². The summed E-state index contributed by atoms with van der Waals surface area (Å²) in [6.45, 7) is 2.19. The van der Waals surface area contributed by atoms with Gasteiger partial charge in [-0.05, 0) is 29.3 Å². The fourth-order valence-corrected chi connectivity index (χ4v) is 1.45. The lowest BCUT2D eigenvalue weighted by Gasteiger charge is -1.97. The van der Waals surface area contributed by atoms with Crippen LogP contribution in [-0.4, -0.2) is 13.1 Å². The molecule has 0 amide bonds. The number of benzene rings is 1. The monoisotopic (exact) mass is 288 g/mol. The molecule has 0 saturated heterocycles. The summed E-state index contributed by atoms with van der Waals surface area (Å²) < 4.78 is 0. The van der Waals surface area contributed by atoms with E-state index in [9.17, 15) is 0 Å². The molecular formula is C16H12N6. The summed E-state index contributed by atoms with van der Waals surface area (Å²) in [6, 6.07) is 5.51. The van der Waals surface area contributed by atoms with Crippen LogP contribution in [0.25, 0.3) is 20.9 Å². The first-order valence-electron chi connectivity index (χ1n) is 6.43. The van der Waals surface area contributed by atoms with Gasteiger partial charge in [0.2, 0.25) is 0 Å². The molecular weight excluding hydrogens is 276 g/mol. The molecule has 0 unspecified atom stereocenters. The fourth-order valence-electron chi connectivity index (χ4n) is 1.45. The van der Waals surface area contributed by atoms with Gasteiger partial charge in [-0.15, -0.1) is 0 Å². The predicted octanol–water partition coefficient (Wildman–Crippen LogP) is 3.77.